The minimum absolute atomic E-state index is 0.0522. The molecule has 1 atom stereocenters. The van der Waals surface area contributed by atoms with Crippen LogP contribution in [0.5, 0.6) is 0 Å². The average Bonchev–Trinajstić information content (AvgIpc) is 3.44. The smallest absolute Gasteiger partial charge is 0.243 e. The SMILES string of the molecule is O=C(NCc1ccc(S(=O)(=O)N2CCCC2)cc1)[C@@H](Cc1ccccc1)NS(=O)(=O)c1ccc(Br)cc1. The second-order valence-corrected chi connectivity index (χ2v) is 13.4. The number of sulfonamides is 2. The van der Waals surface area contributed by atoms with Crippen molar-refractivity contribution in [3.63, 3.8) is 0 Å². The maximum Gasteiger partial charge on any atom is 0.243 e. The normalized spacial score (nSPS) is 15.4. The van der Waals surface area contributed by atoms with Gasteiger partial charge in [0.15, 0.2) is 0 Å². The Balaban J connectivity index is 1.46. The third kappa shape index (κ3) is 7.05. The summed E-state index contributed by atoms with van der Waals surface area (Å²) in [6.07, 6.45) is 1.88. The summed E-state index contributed by atoms with van der Waals surface area (Å²) < 4.78 is 56.2. The molecule has 0 radical (unpaired) electrons. The molecule has 2 N–H and O–H groups in total. The van der Waals surface area contributed by atoms with E-state index in [4.69, 9.17) is 0 Å². The van der Waals surface area contributed by atoms with Gasteiger partial charge in [-0.1, -0.05) is 58.4 Å². The van der Waals surface area contributed by atoms with Gasteiger partial charge in [0.05, 0.1) is 9.79 Å². The highest BCUT2D eigenvalue weighted by atomic mass is 79.9. The molecular formula is C26H28BrN3O5S2. The lowest BCUT2D eigenvalue weighted by Crippen LogP contribution is -2.47. The topological polar surface area (TPSA) is 113 Å². The Kier molecular flexibility index (Phi) is 8.81. The lowest BCUT2D eigenvalue weighted by molar-refractivity contribution is -0.122. The predicted octanol–water partition coefficient (Wildman–Crippen LogP) is 3.44. The van der Waals surface area contributed by atoms with Gasteiger partial charge < -0.3 is 5.32 Å². The lowest BCUT2D eigenvalue weighted by Gasteiger charge is -2.19. The fourth-order valence-corrected chi connectivity index (χ4v) is 7.05. The standard InChI is InChI=1S/C26H28BrN3O5S2/c27-22-10-14-23(15-11-22)36(32,33)29-25(18-20-6-2-1-3-7-20)26(31)28-19-21-8-12-24(13-9-21)37(34,35)30-16-4-5-17-30/h1-3,6-15,25,29H,4-5,16-19H2,(H,28,31)/t25-/m1/s1. The van der Waals surface area contributed by atoms with E-state index in [0.29, 0.717) is 18.7 Å². The minimum Gasteiger partial charge on any atom is -0.351 e. The Hall–Kier alpha value is -2.57. The molecule has 0 aromatic heterocycles. The highest BCUT2D eigenvalue weighted by Crippen LogP contribution is 2.21. The van der Waals surface area contributed by atoms with Gasteiger partial charge in [0, 0.05) is 24.1 Å². The van der Waals surface area contributed by atoms with E-state index >= 15 is 0 Å². The van der Waals surface area contributed by atoms with Crippen molar-refractivity contribution in [1.29, 1.82) is 0 Å². The van der Waals surface area contributed by atoms with Gasteiger partial charge in [0.25, 0.3) is 0 Å². The molecule has 3 aromatic carbocycles. The number of benzene rings is 3. The van der Waals surface area contributed by atoms with Gasteiger partial charge in [-0.05, 0) is 66.8 Å². The van der Waals surface area contributed by atoms with Crippen LogP contribution in [0.4, 0.5) is 0 Å². The van der Waals surface area contributed by atoms with E-state index in [1.165, 1.54) is 28.6 Å². The van der Waals surface area contributed by atoms with Crippen molar-refractivity contribution in [2.75, 3.05) is 13.1 Å². The first-order valence-electron chi connectivity index (χ1n) is 11.8. The first kappa shape index (κ1) is 27.5. The maximum atomic E-state index is 13.1. The highest BCUT2D eigenvalue weighted by Gasteiger charge is 2.28. The number of rotatable bonds is 10. The number of hydrogen-bond donors (Lipinski definition) is 2. The number of halogens is 1. The zero-order chi connectivity index (χ0) is 26.5. The summed E-state index contributed by atoms with van der Waals surface area (Å²) in [5, 5.41) is 2.78. The van der Waals surface area contributed by atoms with Crippen LogP contribution in [0.3, 0.4) is 0 Å². The maximum absolute atomic E-state index is 13.1. The fraction of sp³-hybridized carbons (Fsp3) is 0.269. The van der Waals surface area contributed by atoms with Gasteiger partial charge >= 0.3 is 0 Å². The number of carbonyl (C=O) groups is 1. The van der Waals surface area contributed by atoms with E-state index in [1.54, 1.807) is 24.3 Å². The van der Waals surface area contributed by atoms with Gasteiger partial charge in [-0.25, -0.2) is 16.8 Å². The summed E-state index contributed by atoms with van der Waals surface area (Å²) in [5.41, 5.74) is 1.50. The van der Waals surface area contributed by atoms with Crippen molar-refractivity contribution in [3.8, 4) is 0 Å². The van der Waals surface area contributed by atoms with Gasteiger partial charge in [0.2, 0.25) is 26.0 Å². The monoisotopic (exact) mass is 605 g/mol. The Bertz CT molecular complexity index is 1420. The zero-order valence-electron chi connectivity index (χ0n) is 20.0. The fourth-order valence-electron chi connectivity index (χ4n) is 4.08. The number of amides is 1. The van der Waals surface area contributed by atoms with Crippen molar-refractivity contribution in [1.82, 2.24) is 14.3 Å². The van der Waals surface area contributed by atoms with E-state index in [1.807, 2.05) is 30.3 Å². The molecule has 0 saturated carbocycles. The van der Waals surface area contributed by atoms with Crippen molar-refractivity contribution < 1.29 is 21.6 Å². The van der Waals surface area contributed by atoms with Crippen LogP contribution in [0.15, 0.2) is 93.1 Å². The van der Waals surface area contributed by atoms with Crippen LogP contribution in [0.1, 0.15) is 24.0 Å². The van der Waals surface area contributed by atoms with E-state index in [9.17, 15) is 21.6 Å². The third-order valence-corrected chi connectivity index (χ3v) is 10.0. The van der Waals surface area contributed by atoms with Gasteiger partial charge in [-0.3, -0.25) is 4.79 Å². The molecule has 4 rings (SSSR count). The predicted molar refractivity (Wildman–Crippen MR) is 145 cm³/mol. The van der Waals surface area contributed by atoms with Crippen molar-refractivity contribution in [3.05, 3.63) is 94.5 Å². The third-order valence-electron chi connectivity index (χ3n) is 6.11. The molecular weight excluding hydrogens is 578 g/mol. The van der Waals surface area contributed by atoms with Crippen LogP contribution >= 0.6 is 15.9 Å². The quantitative estimate of drug-likeness (QED) is 0.367. The summed E-state index contributed by atoms with van der Waals surface area (Å²) in [6.45, 7) is 1.17. The zero-order valence-corrected chi connectivity index (χ0v) is 23.2. The molecule has 1 amide bonds. The molecule has 0 unspecified atom stereocenters. The molecule has 0 bridgehead atoms. The first-order chi connectivity index (χ1) is 17.6. The van der Waals surface area contributed by atoms with Crippen LogP contribution in [-0.4, -0.2) is 46.2 Å². The Morgan fingerprint density at radius 2 is 1.41 bits per heavy atom. The molecule has 3 aromatic rings. The van der Waals surface area contributed by atoms with E-state index < -0.39 is 32.0 Å². The van der Waals surface area contributed by atoms with Crippen LogP contribution in [0, 0.1) is 0 Å². The van der Waals surface area contributed by atoms with E-state index in [-0.39, 0.29) is 22.8 Å². The summed E-state index contributed by atoms with van der Waals surface area (Å²) >= 11 is 3.29. The summed E-state index contributed by atoms with van der Waals surface area (Å²) in [5.74, 6) is -0.488. The summed E-state index contributed by atoms with van der Waals surface area (Å²) in [6, 6.07) is 20.6. The van der Waals surface area contributed by atoms with Crippen LogP contribution in [0.25, 0.3) is 0 Å². The molecule has 1 saturated heterocycles. The molecule has 1 heterocycles. The molecule has 11 heteroatoms. The molecule has 196 valence electrons. The number of hydrogen-bond acceptors (Lipinski definition) is 5. The van der Waals surface area contributed by atoms with Crippen molar-refractivity contribution in [2.24, 2.45) is 0 Å². The number of carbonyl (C=O) groups excluding carboxylic acids is 1. The largest absolute Gasteiger partial charge is 0.351 e. The molecule has 1 aliphatic rings. The summed E-state index contributed by atoms with van der Waals surface area (Å²) in [7, 11) is -7.48. The van der Waals surface area contributed by atoms with E-state index in [2.05, 4.69) is 26.0 Å². The number of nitrogens with one attached hydrogen (secondary N) is 2. The Morgan fingerprint density at radius 1 is 0.811 bits per heavy atom. The number of nitrogens with zero attached hydrogens (tertiary/aromatic N) is 1. The molecule has 0 aliphatic carbocycles. The molecule has 0 spiro atoms. The van der Waals surface area contributed by atoms with Gasteiger partial charge in [-0.15, -0.1) is 0 Å². The minimum atomic E-state index is -3.96. The van der Waals surface area contributed by atoms with Crippen molar-refractivity contribution in [2.45, 2.75) is 41.6 Å². The van der Waals surface area contributed by atoms with E-state index in [0.717, 1.165) is 22.9 Å². The first-order valence-corrected chi connectivity index (χ1v) is 15.6. The Morgan fingerprint density at radius 3 is 2.03 bits per heavy atom. The molecule has 1 aliphatic heterocycles. The molecule has 8 nitrogen and oxygen atoms in total. The Labute approximate surface area is 226 Å². The highest BCUT2D eigenvalue weighted by molar-refractivity contribution is 9.10. The van der Waals surface area contributed by atoms with Crippen LogP contribution < -0.4 is 10.0 Å². The average molecular weight is 607 g/mol. The van der Waals surface area contributed by atoms with Crippen LogP contribution in [0.2, 0.25) is 0 Å². The summed E-state index contributed by atoms with van der Waals surface area (Å²) in [4.78, 5) is 13.4. The van der Waals surface area contributed by atoms with Crippen molar-refractivity contribution >= 4 is 41.9 Å². The van der Waals surface area contributed by atoms with Gasteiger partial charge in [0.1, 0.15) is 6.04 Å². The van der Waals surface area contributed by atoms with Crippen LogP contribution in [-0.2, 0) is 37.8 Å². The second-order valence-electron chi connectivity index (χ2n) is 8.79. The molecule has 37 heavy (non-hydrogen) atoms. The van der Waals surface area contributed by atoms with Gasteiger partial charge in [-0.2, -0.15) is 9.03 Å². The lowest BCUT2D eigenvalue weighted by atomic mass is 10.1. The molecule has 1 fully saturated rings. The second kappa shape index (κ2) is 11.9.